The predicted molar refractivity (Wildman–Crippen MR) is 44.0 cm³/mol. The molecule has 0 unspecified atom stereocenters. The van der Waals surface area contributed by atoms with Crippen LogP contribution in [0.1, 0.15) is 6.42 Å². The summed E-state index contributed by atoms with van der Waals surface area (Å²) in [6.07, 6.45) is -0.917. The number of carboxylic acid groups (broad SMARTS) is 2. The Kier molecular flexibility index (Phi) is 6.97. The van der Waals surface area contributed by atoms with Gasteiger partial charge in [-0.1, -0.05) is 0 Å². The van der Waals surface area contributed by atoms with E-state index in [1.165, 1.54) is 0 Å². The van der Waals surface area contributed by atoms with E-state index < -0.39 is 43.5 Å². The molecule has 10 nitrogen and oxygen atoms in total. The molecular weight excluding hydrogens is 244 g/mol. The summed E-state index contributed by atoms with van der Waals surface area (Å²) in [4.78, 5) is 56.8. The smallest absolute Gasteiger partial charge is 0.353 e. The van der Waals surface area contributed by atoms with Crippen molar-refractivity contribution in [2.24, 2.45) is 0 Å². The second-order valence-electron chi connectivity index (χ2n) is 2.40. The Balaban J connectivity index is 3.62. The first kappa shape index (κ1) is 14.8. The monoisotopic (exact) mass is 252 g/mol. The van der Waals surface area contributed by atoms with E-state index in [9.17, 15) is 19.2 Å². The van der Waals surface area contributed by atoms with Crippen LogP contribution < -0.4 is 0 Å². The minimum absolute atomic E-state index is 0.879. The average molecular weight is 252 g/mol. The predicted octanol–water partition coefficient (Wildman–Crippen LogP) is -1.50. The van der Waals surface area contributed by atoms with Gasteiger partial charge in [-0.15, -0.1) is 0 Å². The zero-order valence-corrected chi connectivity index (χ0v) is 8.28. The first-order valence-electron chi connectivity index (χ1n) is 4.00. The van der Waals surface area contributed by atoms with E-state index in [-0.39, 0.29) is 0 Å². The van der Waals surface area contributed by atoms with Gasteiger partial charge in [0.15, 0.2) is 13.2 Å². The molecule has 0 spiro atoms. The van der Waals surface area contributed by atoms with Gasteiger partial charge in [0.1, 0.15) is 6.42 Å². The first-order chi connectivity index (χ1) is 7.91. The molecule has 0 saturated carbocycles. The van der Waals surface area contributed by atoms with Crippen LogP contribution in [-0.4, -0.2) is 47.3 Å². The standard InChI is InChI=1S/C7H8O10/c8-4(9)2-14-16-6(12)1-7(13)17-15-3-5(10)11/h1-3H2,(H,8,9)(H,10,11). The van der Waals surface area contributed by atoms with E-state index in [0.717, 1.165) is 0 Å². The number of hydrogen-bond donors (Lipinski definition) is 2. The molecule has 2 N–H and O–H groups in total. The molecule has 0 amide bonds. The molecule has 0 saturated heterocycles. The van der Waals surface area contributed by atoms with Crippen molar-refractivity contribution in [3.63, 3.8) is 0 Å². The maximum Gasteiger partial charge on any atom is 0.353 e. The summed E-state index contributed by atoms with van der Waals surface area (Å²) in [6.45, 7) is -1.76. The van der Waals surface area contributed by atoms with Crippen molar-refractivity contribution >= 4 is 23.9 Å². The van der Waals surface area contributed by atoms with E-state index in [2.05, 4.69) is 19.6 Å². The summed E-state index contributed by atoms with van der Waals surface area (Å²) < 4.78 is 0. The van der Waals surface area contributed by atoms with Crippen LogP contribution >= 0.6 is 0 Å². The number of hydrogen-bond acceptors (Lipinski definition) is 8. The van der Waals surface area contributed by atoms with Crippen LogP contribution in [0, 0.1) is 0 Å². The van der Waals surface area contributed by atoms with Crippen molar-refractivity contribution in [3.8, 4) is 0 Å². The highest BCUT2D eigenvalue weighted by molar-refractivity contribution is 5.90. The highest BCUT2D eigenvalue weighted by Gasteiger charge is 2.15. The molecule has 0 radical (unpaired) electrons. The lowest BCUT2D eigenvalue weighted by molar-refractivity contribution is -0.281. The molecule has 0 bridgehead atoms. The summed E-state index contributed by atoms with van der Waals surface area (Å²) in [6, 6.07) is 0. The fourth-order valence-electron chi connectivity index (χ4n) is 0.468. The van der Waals surface area contributed by atoms with Gasteiger partial charge in [0.2, 0.25) is 0 Å². The number of carbonyl (C=O) groups excluding carboxylic acids is 2. The number of carbonyl (C=O) groups is 4. The van der Waals surface area contributed by atoms with Crippen molar-refractivity contribution in [1.29, 1.82) is 0 Å². The highest BCUT2D eigenvalue weighted by atomic mass is 17.2. The second-order valence-corrected chi connectivity index (χ2v) is 2.40. The molecule has 0 rings (SSSR count). The Morgan fingerprint density at radius 1 is 0.765 bits per heavy atom. The van der Waals surface area contributed by atoms with Gasteiger partial charge in [-0.2, -0.15) is 9.78 Å². The lowest BCUT2D eigenvalue weighted by atomic mass is 10.5. The Morgan fingerprint density at radius 2 is 1.12 bits per heavy atom. The first-order valence-corrected chi connectivity index (χ1v) is 4.00. The van der Waals surface area contributed by atoms with E-state index in [0.29, 0.717) is 0 Å². The summed E-state index contributed by atoms with van der Waals surface area (Å²) in [5.74, 6) is -5.17. The molecule has 0 heterocycles. The van der Waals surface area contributed by atoms with Crippen molar-refractivity contribution in [2.75, 3.05) is 13.2 Å². The van der Waals surface area contributed by atoms with Crippen molar-refractivity contribution < 1.29 is 48.9 Å². The van der Waals surface area contributed by atoms with Gasteiger partial charge in [-0.3, -0.25) is 9.78 Å². The maximum atomic E-state index is 10.7. The molecule has 0 aliphatic rings. The molecule has 96 valence electrons. The van der Waals surface area contributed by atoms with Gasteiger partial charge in [-0.05, 0) is 0 Å². The van der Waals surface area contributed by atoms with Crippen LogP contribution in [0.15, 0.2) is 0 Å². The third kappa shape index (κ3) is 10.1. The molecule has 0 aliphatic heterocycles. The SMILES string of the molecule is O=C(O)COOC(=O)CC(=O)OOCC(=O)O. The Labute approximate surface area is 93.5 Å². The van der Waals surface area contributed by atoms with Crippen LogP contribution in [-0.2, 0) is 38.7 Å². The largest absolute Gasteiger partial charge is 0.479 e. The molecule has 17 heavy (non-hydrogen) atoms. The normalized spacial score (nSPS) is 9.41. The zero-order valence-electron chi connectivity index (χ0n) is 8.28. The molecule has 10 heteroatoms. The summed E-state index contributed by atoms with van der Waals surface area (Å²) >= 11 is 0. The van der Waals surface area contributed by atoms with E-state index in [4.69, 9.17) is 10.2 Å². The van der Waals surface area contributed by atoms with Gasteiger partial charge in [0.05, 0.1) is 0 Å². The minimum atomic E-state index is -1.37. The fourth-order valence-corrected chi connectivity index (χ4v) is 0.468. The number of aliphatic carboxylic acids is 2. The van der Waals surface area contributed by atoms with Crippen LogP contribution in [0.25, 0.3) is 0 Å². The molecule has 0 aromatic rings. The van der Waals surface area contributed by atoms with Crippen molar-refractivity contribution in [1.82, 2.24) is 0 Å². The maximum absolute atomic E-state index is 10.7. The third-order valence-electron chi connectivity index (χ3n) is 0.957. The van der Waals surface area contributed by atoms with Crippen LogP contribution in [0.4, 0.5) is 0 Å². The quantitative estimate of drug-likeness (QED) is 0.297. The summed E-state index contributed by atoms with van der Waals surface area (Å²) in [5.41, 5.74) is 0. The van der Waals surface area contributed by atoms with Crippen LogP contribution in [0.3, 0.4) is 0 Å². The second kappa shape index (κ2) is 8.01. The van der Waals surface area contributed by atoms with E-state index in [1.807, 2.05) is 0 Å². The van der Waals surface area contributed by atoms with Crippen LogP contribution in [0.2, 0.25) is 0 Å². The lowest BCUT2D eigenvalue weighted by Crippen LogP contribution is -2.18. The Hall–Kier alpha value is -2.20. The highest BCUT2D eigenvalue weighted by Crippen LogP contribution is 1.93. The average Bonchev–Trinajstić information content (AvgIpc) is 2.15. The zero-order chi connectivity index (χ0) is 13.3. The number of carboxylic acids is 2. The van der Waals surface area contributed by atoms with Crippen LogP contribution in [0.5, 0.6) is 0 Å². The lowest BCUT2D eigenvalue weighted by Gasteiger charge is -2.01. The van der Waals surface area contributed by atoms with Gasteiger partial charge in [0.25, 0.3) is 0 Å². The van der Waals surface area contributed by atoms with Crippen molar-refractivity contribution in [3.05, 3.63) is 0 Å². The summed E-state index contributed by atoms with van der Waals surface area (Å²) in [5, 5.41) is 16.2. The van der Waals surface area contributed by atoms with Gasteiger partial charge in [0, 0.05) is 0 Å². The fraction of sp³-hybridized carbons (Fsp3) is 0.429. The van der Waals surface area contributed by atoms with E-state index in [1.54, 1.807) is 0 Å². The molecular formula is C7H8O10. The number of rotatable bonds is 8. The van der Waals surface area contributed by atoms with Gasteiger partial charge < -0.3 is 10.2 Å². The third-order valence-corrected chi connectivity index (χ3v) is 0.957. The molecule has 0 aliphatic carbocycles. The Morgan fingerprint density at radius 3 is 1.41 bits per heavy atom. The Bertz CT molecular complexity index is 278. The topological polar surface area (TPSA) is 146 Å². The van der Waals surface area contributed by atoms with E-state index >= 15 is 0 Å². The van der Waals surface area contributed by atoms with Gasteiger partial charge >= 0.3 is 23.9 Å². The minimum Gasteiger partial charge on any atom is -0.479 e. The molecule has 0 fully saturated rings. The molecule has 0 aromatic carbocycles. The van der Waals surface area contributed by atoms with Crippen molar-refractivity contribution in [2.45, 2.75) is 6.42 Å². The summed E-state index contributed by atoms with van der Waals surface area (Å²) in [7, 11) is 0. The van der Waals surface area contributed by atoms with Gasteiger partial charge in [-0.25, -0.2) is 19.2 Å². The molecule has 0 atom stereocenters. The molecule has 0 aromatic heterocycles.